The van der Waals surface area contributed by atoms with Gasteiger partial charge in [0.25, 0.3) is 0 Å². The van der Waals surface area contributed by atoms with Crippen LogP contribution in [0.1, 0.15) is 5.56 Å². The molecule has 2 rings (SSSR count). The number of hydrogen-bond donors (Lipinski definition) is 1. The van der Waals surface area contributed by atoms with Crippen molar-refractivity contribution in [2.75, 3.05) is 0 Å². The third-order valence-corrected chi connectivity index (χ3v) is 3.04. The van der Waals surface area contributed by atoms with Crippen LogP contribution in [0.15, 0.2) is 40.9 Å². The van der Waals surface area contributed by atoms with E-state index >= 15 is 0 Å². The Kier molecular flexibility index (Phi) is 4.22. The summed E-state index contributed by atoms with van der Waals surface area (Å²) in [5, 5.41) is 9.64. The molecule has 0 unspecified atom stereocenters. The van der Waals surface area contributed by atoms with E-state index in [0.717, 1.165) is 0 Å². The van der Waals surface area contributed by atoms with Crippen LogP contribution >= 0.6 is 27.5 Å². The number of benzene rings is 2. The second-order valence-corrected chi connectivity index (χ2v) is 4.94. The van der Waals surface area contributed by atoms with Gasteiger partial charge in [0.1, 0.15) is 5.75 Å². The first-order chi connectivity index (χ1) is 8.60. The molecule has 2 aromatic carbocycles. The van der Waals surface area contributed by atoms with E-state index in [2.05, 4.69) is 15.9 Å². The first kappa shape index (κ1) is 13.3. The Morgan fingerprint density at radius 2 is 1.94 bits per heavy atom. The Labute approximate surface area is 117 Å². The lowest BCUT2D eigenvalue weighted by Crippen LogP contribution is -1.93. The quantitative estimate of drug-likeness (QED) is 0.895. The van der Waals surface area contributed by atoms with Crippen LogP contribution in [0, 0.1) is 5.82 Å². The van der Waals surface area contributed by atoms with Crippen molar-refractivity contribution in [2.24, 2.45) is 0 Å². The maximum absolute atomic E-state index is 13.6. The predicted octanol–water partition coefficient (Wildman–Crippen LogP) is 4.53. The molecule has 0 radical (unpaired) electrons. The molecule has 0 aromatic heterocycles. The van der Waals surface area contributed by atoms with E-state index < -0.39 is 5.82 Å². The van der Waals surface area contributed by atoms with Gasteiger partial charge in [0.2, 0.25) is 0 Å². The molecule has 0 fully saturated rings. The van der Waals surface area contributed by atoms with E-state index in [1.807, 2.05) is 0 Å². The Balaban J connectivity index is 2.38. The summed E-state index contributed by atoms with van der Waals surface area (Å²) >= 11 is 9.08. The standard InChI is InChI=1S/C13H9BrClFO2/c14-9-2-4-11(16)13(5-9)18-12-6-10(15)3-1-8(12)7-17/h1-6,17H,7H2. The molecule has 0 bridgehead atoms. The minimum absolute atomic E-state index is 0.0707. The Morgan fingerprint density at radius 3 is 2.67 bits per heavy atom. The first-order valence-corrected chi connectivity index (χ1v) is 6.29. The summed E-state index contributed by atoms with van der Waals surface area (Å²) < 4.78 is 19.7. The van der Waals surface area contributed by atoms with Crippen LogP contribution in [0.4, 0.5) is 4.39 Å². The van der Waals surface area contributed by atoms with Crippen LogP contribution in [-0.4, -0.2) is 5.11 Å². The van der Waals surface area contributed by atoms with Gasteiger partial charge in [0.05, 0.1) is 6.61 Å². The van der Waals surface area contributed by atoms with Crippen LogP contribution in [0.25, 0.3) is 0 Å². The van der Waals surface area contributed by atoms with Crippen molar-refractivity contribution in [2.45, 2.75) is 6.61 Å². The summed E-state index contributed by atoms with van der Waals surface area (Å²) in [4.78, 5) is 0. The molecule has 2 nitrogen and oxygen atoms in total. The van der Waals surface area contributed by atoms with Crippen molar-refractivity contribution in [3.8, 4) is 11.5 Å². The summed E-state index contributed by atoms with van der Waals surface area (Å²) in [6, 6.07) is 9.19. The van der Waals surface area contributed by atoms with Crippen LogP contribution in [0.2, 0.25) is 5.02 Å². The summed E-state index contributed by atoms with van der Waals surface area (Å²) in [6.07, 6.45) is 0. The van der Waals surface area contributed by atoms with Gasteiger partial charge in [-0.3, -0.25) is 0 Å². The van der Waals surface area contributed by atoms with E-state index in [4.69, 9.17) is 16.3 Å². The second-order valence-electron chi connectivity index (χ2n) is 3.59. The van der Waals surface area contributed by atoms with Crippen molar-refractivity contribution >= 4 is 27.5 Å². The lowest BCUT2D eigenvalue weighted by molar-refractivity contribution is 0.276. The third kappa shape index (κ3) is 3.02. The zero-order chi connectivity index (χ0) is 13.1. The largest absolute Gasteiger partial charge is 0.454 e. The fourth-order valence-corrected chi connectivity index (χ4v) is 1.93. The van der Waals surface area contributed by atoms with E-state index in [-0.39, 0.29) is 12.4 Å². The summed E-state index contributed by atoms with van der Waals surface area (Å²) in [5.41, 5.74) is 0.541. The topological polar surface area (TPSA) is 29.5 Å². The number of aliphatic hydroxyl groups is 1. The molecule has 5 heteroatoms. The summed E-state index contributed by atoms with van der Waals surface area (Å²) in [7, 11) is 0. The van der Waals surface area contributed by atoms with Crippen LogP contribution < -0.4 is 4.74 Å². The highest BCUT2D eigenvalue weighted by molar-refractivity contribution is 9.10. The molecule has 2 aromatic rings. The molecule has 0 spiro atoms. The van der Waals surface area contributed by atoms with Gasteiger partial charge in [0.15, 0.2) is 11.6 Å². The smallest absolute Gasteiger partial charge is 0.165 e. The number of aliphatic hydroxyl groups excluding tert-OH is 1. The van der Waals surface area contributed by atoms with Crippen molar-refractivity contribution < 1.29 is 14.2 Å². The highest BCUT2D eigenvalue weighted by atomic mass is 79.9. The fourth-order valence-electron chi connectivity index (χ4n) is 1.43. The van der Waals surface area contributed by atoms with Crippen molar-refractivity contribution in [1.82, 2.24) is 0 Å². The highest BCUT2D eigenvalue weighted by Gasteiger charge is 2.09. The summed E-state index contributed by atoms with van der Waals surface area (Å²) in [5.74, 6) is -0.0783. The molecule has 0 heterocycles. The number of halogens is 3. The molecule has 0 aliphatic heterocycles. The molecule has 0 saturated carbocycles. The average molecular weight is 332 g/mol. The minimum atomic E-state index is -0.484. The molecular formula is C13H9BrClFO2. The Morgan fingerprint density at radius 1 is 1.17 bits per heavy atom. The number of ether oxygens (including phenoxy) is 1. The Bertz CT molecular complexity index is 575. The maximum Gasteiger partial charge on any atom is 0.165 e. The zero-order valence-corrected chi connectivity index (χ0v) is 11.5. The molecule has 0 saturated heterocycles. The summed E-state index contributed by atoms with van der Waals surface area (Å²) in [6.45, 7) is -0.206. The normalized spacial score (nSPS) is 10.4. The van der Waals surface area contributed by atoms with E-state index in [0.29, 0.717) is 20.8 Å². The van der Waals surface area contributed by atoms with E-state index in [9.17, 15) is 9.50 Å². The maximum atomic E-state index is 13.6. The molecule has 0 atom stereocenters. The predicted molar refractivity (Wildman–Crippen MR) is 71.5 cm³/mol. The molecule has 0 aliphatic rings. The molecule has 0 amide bonds. The number of hydrogen-bond acceptors (Lipinski definition) is 2. The van der Waals surface area contributed by atoms with Crippen LogP contribution in [-0.2, 0) is 6.61 Å². The van der Waals surface area contributed by atoms with Crippen molar-refractivity contribution in [1.29, 1.82) is 0 Å². The second kappa shape index (κ2) is 5.69. The van der Waals surface area contributed by atoms with Crippen molar-refractivity contribution in [3.05, 3.63) is 57.3 Å². The van der Waals surface area contributed by atoms with Gasteiger partial charge in [-0.05, 0) is 30.3 Å². The molecule has 0 aliphatic carbocycles. The molecule has 18 heavy (non-hydrogen) atoms. The van der Waals surface area contributed by atoms with Gasteiger partial charge in [-0.25, -0.2) is 4.39 Å². The van der Waals surface area contributed by atoms with Gasteiger partial charge in [0, 0.05) is 15.1 Å². The van der Waals surface area contributed by atoms with E-state index in [1.54, 1.807) is 18.2 Å². The van der Waals surface area contributed by atoms with Gasteiger partial charge < -0.3 is 9.84 Å². The highest BCUT2D eigenvalue weighted by Crippen LogP contribution is 2.31. The minimum Gasteiger partial charge on any atom is -0.454 e. The fraction of sp³-hybridized carbons (Fsp3) is 0.0769. The zero-order valence-electron chi connectivity index (χ0n) is 9.16. The molecular weight excluding hydrogens is 322 g/mol. The van der Waals surface area contributed by atoms with Gasteiger partial charge >= 0.3 is 0 Å². The van der Waals surface area contributed by atoms with Gasteiger partial charge in [-0.2, -0.15) is 0 Å². The van der Waals surface area contributed by atoms with Crippen LogP contribution in [0.3, 0.4) is 0 Å². The Hall–Kier alpha value is -1.10. The SMILES string of the molecule is OCc1ccc(Cl)cc1Oc1cc(Br)ccc1F. The third-order valence-electron chi connectivity index (χ3n) is 2.31. The lowest BCUT2D eigenvalue weighted by Gasteiger charge is -2.11. The van der Waals surface area contributed by atoms with Crippen molar-refractivity contribution in [3.63, 3.8) is 0 Å². The van der Waals surface area contributed by atoms with Crippen LogP contribution in [0.5, 0.6) is 11.5 Å². The monoisotopic (exact) mass is 330 g/mol. The lowest BCUT2D eigenvalue weighted by atomic mass is 10.2. The first-order valence-electron chi connectivity index (χ1n) is 5.12. The average Bonchev–Trinajstić information content (AvgIpc) is 2.34. The molecule has 1 N–H and O–H groups in total. The van der Waals surface area contributed by atoms with Gasteiger partial charge in [-0.15, -0.1) is 0 Å². The number of rotatable bonds is 3. The van der Waals surface area contributed by atoms with E-state index in [1.165, 1.54) is 18.2 Å². The van der Waals surface area contributed by atoms with Gasteiger partial charge in [-0.1, -0.05) is 33.6 Å². The molecule has 94 valence electrons.